The van der Waals surface area contributed by atoms with Crippen molar-refractivity contribution in [2.75, 3.05) is 33.0 Å². The summed E-state index contributed by atoms with van der Waals surface area (Å²) in [5.41, 5.74) is 8.20. The van der Waals surface area contributed by atoms with E-state index in [-0.39, 0.29) is 6.04 Å². The number of piperidine rings is 1. The maximum atomic E-state index is 6.14. The second kappa shape index (κ2) is 7.74. The van der Waals surface area contributed by atoms with Crippen LogP contribution < -0.4 is 20.5 Å². The minimum absolute atomic E-state index is 0.269. The summed E-state index contributed by atoms with van der Waals surface area (Å²) in [5, 5.41) is 8.81. The molecule has 1 fully saturated rings. The lowest BCUT2D eigenvalue weighted by atomic mass is 10.1. The maximum absolute atomic E-state index is 6.14. The van der Waals surface area contributed by atoms with Gasteiger partial charge in [-0.15, -0.1) is 0 Å². The van der Waals surface area contributed by atoms with Crippen LogP contribution in [0.1, 0.15) is 30.1 Å². The Labute approximate surface area is 163 Å². The van der Waals surface area contributed by atoms with Gasteiger partial charge in [0.25, 0.3) is 0 Å². The van der Waals surface area contributed by atoms with E-state index in [2.05, 4.69) is 27.1 Å². The first kappa shape index (κ1) is 18.1. The zero-order valence-electron chi connectivity index (χ0n) is 15.9. The Morgan fingerprint density at radius 2 is 1.79 bits per heavy atom. The lowest BCUT2D eigenvalue weighted by Crippen LogP contribution is -2.30. The molecule has 0 unspecified atom stereocenters. The summed E-state index contributed by atoms with van der Waals surface area (Å²) < 4.78 is 12.6. The maximum Gasteiger partial charge on any atom is 0.164 e. The van der Waals surface area contributed by atoms with Gasteiger partial charge in [-0.1, -0.05) is 5.92 Å². The van der Waals surface area contributed by atoms with Crippen LogP contribution in [0.4, 0.5) is 5.82 Å². The van der Waals surface area contributed by atoms with Crippen LogP contribution in [-0.4, -0.2) is 47.1 Å². The average Bonchev–Trinajstić information content (AvgIpc) is 3.12. The second-order valence-electron chi connectivity index (χ2n) is 6.58. The lowest BCUT2D eigenvalue weighted by Gasteiger charge is -2.23. The van der Waals surface area contributed by atoms with E-state index in [4.69, 9.17) is 20.3 Å². The van der Waals surface area contributed by atoms with Crippen LogP contribution in [0.25, 0.3) is 11.0 Å². The summed E-state index contributed by atoms with van der Waals surface area (Å²) >= 11 is 0. The molecule has 1 aliphatic rings. The molecule has 3 N–H and O–H groups in total. The quantitative estimate of drug-likeness (QED) is 0.670. The third-order valence-corrected chi connectivity index (χ3v) is 4.85. The largest absolute Gasteiger partial charge is 0.497 e. The highest BCUT2D eigenvalue weighted by Gasteiger charge is 2.22. The fourth-order valence-electron chi connectivity index (χ4n) is 3.40. The standard InChI is InChI=1S/C20H22N6O2/c1-27-15-9-13(10-16(11-15)28-2)3-4-17-18-19(21)23-12-24-20(18)26(25-17)14-5-7-22-8-6-14/h9-12,14,22H,5-8H2,1-2H3,(H2,21,23,24). The molecule has 2 aromatic heterocycles. The van der Waals surface area contributed by atoms with Crippen LogP contribution in [0.15, 0.2) is 24.5 Å². The summed E-state index contributed by atoms with van der Waals surface area (Å²) in [4.78, 5) is 8.56. The van der Waals surface area contributed by atoms with Crippen molar-refractivity contribution in [1.82, 2.24) is 25.1 Å². The number of hydrogen-bond donors (Lipinski definition) is 2. The molecule has 0 amide bonds. The number of anilines is 1. The van der Waals surface area contributed by atoms with Crippen molar-refractivity contribution in [3.05, 3.63) is 35.8 Å². The molecular weight excluding hydrogens is 356 g/mol. The molecule has 0 saturated carbocycles. The van der Waals surface area contributed by atoms with Crippen molar-refractivity contribution in [3.63, 3.8) is 0 Å². The predicted molar refractivity (Wildman–Crippen MR) is 106 cm³/mol. The number of nitrogens with two attached hydrogens (primary N) is 1. The van der Waals surface area contributed by atoms with Crippen molar-refractivity contribution in [3.8, 4) is 23.3 Å². The van der Waals surface area contributed by atoms with Gasteiger partial charge in [0.05, 0.1) is 25.6 Å². The molecule has 3 aromatic rings. The van der Waals surface area contributed by atoms with Crippen LogP contribution in [0.2, 0.25) is 0 Å². The van der Waals surface area contributed by atoms with Gasteiger partial charge in [0.1, 0.15) is 29.3 Å². The first-order valence-electron chi connectivity index (χ1n) is 9.14. The monoisotopic (exact) mass is 378 g/mol. The predicted octanol–water partition coefficient (Wildman–Crippen LogP) is 1.75. The average molecular weight is 378 g/mol. The second-order valence-corrected chi connectivity index (χ2v) is 6.58. The van der Waals surface area contributed by atoms with Crippen molar-refractivity contribution in [2.45, 2.75) is 18.9 Å². The smallest absolute Gasteiger partial charge is 0.164 e. The van der Waals surface area contributed by atoms with Crippen molar-refractivity contribution >= 4 is 16.9 Å². The van der Waals surface area contributed by atoms with E-state index < -0.39 is 0 Å². The molecule has 1 saturated heterocycles. The number of nitrogen functional groups attached to an aromatic ring is 1. The van der Waals surface area contributed by atoms with E-state index in [9.17, 15) is 0 Å². The highest BCUT2D eigenvalue weighted by Crippen LogP contribution is 2.27. The topological polar surface area (TPSA) is 100 Å². The van der Waals surface area contributed by atoms with Gasteiger partial charge in [0.2, 0.25) is 0 Å². The van der Waals surface area contributed by atoms with Gasteiger partial charge in [-0.05, 0) is 44.0 Å². The molecule has 3 heterocycles. The summed E-state index contributed by atoms with van der Waals surface area (Å²) in [5.74, 6) is 8.02. The van der Waals surface area contributed by atoms with Crippen molar-refractivity contribution in [2.24, 2.45) is 0 Å². The van der Waals surface area contributed by atoms with Gasteiger partial charge in [-0.2, -0.15) is 5.10 Å². The Morgan fingerprint density at radius 3 is 2.46 bits per heavy atom. The molecule has 4 rings (SSSR count). The van der Waals surface area contributed by atoms with E-state index in [1.54, 1.807) is 20.3 Å². The number of rotatable bonds is 3. The van der Waals surface area contributed by atoms with Gasteiger partial charge in [0, 0.05) is 11.6 Å². The molecule has 0 spiro atoms. The van der Waals surface area contributed by atoms with E-state index in [0.717, 1.165) is 37.1 Å². The van der Waals surface area contributed by atoms with Crippen LogP contribution in [-0.2, 0) is 0 Å². The minimum Gasteiger partial charge on any atom is -0.497 e. The summed E-state index contributed by atoms with van der Waals surface area (Å²) in [6.45, 7) is 1.91. The molecule has 1 aromatic carbocycles. The summed E-state index contributed by atoms with van der Waals surface area (Å²) in [6, 6.07) is 5.77. The summed E-state index contributed by atoms with van der Waals surface area (Å²) in [7, 11) is 3.22. The van der Waals surface area contributed by atoms with E-state index in [1.807, 2.05) is 16.8 Å². The highest BCUT2D eigenvalue weighted by atomic mass is 16.5. The number of ether oxygens (including phenoxy) is 2. The van der Waals surface area contributed by atoms with Crippen LogP contribution >= 0.6 is 0 Å². The Hall–Kier alpha value is -3.31. The third-order valence-electron chi connectivity index (χ3n) is 4.85. The van der Waals surface area contributed by atoms with Gasteiger partial charge < -0.3 is 20.5 Å². The fraction of sp³-hybridized carbons (Fsp3) is 0.350. The van der Waals surface area contributed by atoms with Gasteiger partial charge in [-0.25, -0.2) is 14.6 Å². The Bertz CT molecular complexity index is 1040. The van der Waals surface area contributed by atoms with Gasteiger partial charge >= 0.3 is 0 Å². The molecule has 0 atom stereocenters. The van der Waals surface area contributed by atoms with Gasteiger partial charge in [0.15, 0.2) is 5.65 Å². The Balaban J connectivity index is 1.79. The van der Waals surface area contributed by atoms with E-state index in [1.165, 1.54) is 6.33 Å². The molecule has 0 bridgehead atoms. The van der Waals surface area contributed by atoms with Crippen LogP contribution in [0.3, 0.4) is 0 Å². The molecule has 8 heteroatoms. The molecule has 0 aliphatic carbocycles. The number of methoxy groups -OCH3 is 2. The van der Waals surface area contributed by atoms with E-state index in [0.29, 0.717) is 28.4 Å². The molecule has 1 aliphatic heterocycles. The van der Waals surface area contributed by atoms with Crippen LogP contribution in [0, 0.1) is 11.8 Å². The number of nitrogens with one attached hydrogen (secondary N) is 1. The Morgan fingerprint density at radius 1 is 1.07 bits per heavy atom. The molecular formula is C20H22N6O2. The number of nitrogens with zero attached hydrogens (tertiary/aromatic N) is 4. The number of aromatic nitrogens is 4. The third kappa shape index (κ3) is 3.44. The summed E-state index contributed by atoms with van der Waals surface area (Å²) in [6.07, 6.45) is 3.45. The van der Waals surface area contributed by atoms with Crippen molar-refractivity contribution < 1.29 is 9.47 Å². The zero-order valence-corrected chi connectivity index (χ0v) is 15.9. The van der Waals surface area contributed by atoms with Crippen LogP contribution in [0.5, 0.6) is 11.5 Å². The zero-order chi connectivity index (χ0) is 19.5. The van der Waals surface area contributed by atoms with E-state index >= 15 is 0 Å². The number of fused-ring (bicyclic) bond motifs is 1. The van der Waals surface area contributed by atoms with Crippen molar-refractivity contribution in [1.29, 1.82) is 0 Å². The first-order valence-corrected chi connectivity index (χ1v) is 9.14. The normalized spacial score (nSPS) is 14.5. The molecule has 0 radical (unpaired) electrons. The molecule has 28 heavy (non-hydrogen) atoms. The molecule has 8 nitrogen and oxygen atoms in total. The first-order chi connectivity index (χ1) is 13.7. The SMILES string of the molecule is COc1cc(C#Cc2nn(C3CCNCC3)c3ncnc(N)c23)cc(OC)c1. The lowest BCUT2D eigenvalue weighted by molar-refractivity contribution is 0.349. The Kier molecular flexibility index (Phi) is 5.00. The fourth-order valence-corrected chi connectivity index (χ4v) is 3.40. The highest BCUT2D eigenvalue weighted by molar-refractivity contribution is 5.90. The van der Waals surface area contributed by atoms with Gasteiger partial charge in [-0.3, -0.25) is 0 Å². The minimum atomic E-state index is 0.269. The number of hydrogen-bond acceptors (Lipinski definition) is 7. The molecule has 144 valence electrons. The number of benzene rings is 1.